The van der Waals surface area contributed by atoms with E-state index in [-0.39, 0.29) is 16.5 Å². The number of hydrogen-bond acceptors (Lipinski definition) is 4. The summed E-state index contributed by atoms with van der Waals surface area (Å²) in [5, 5.41) is 2.84. The van der Waals surface area contributed by atoms with Gasteiger partial charge in [0, 0.05) is 12.1 Å². The van der Waals surface area contributed by atoms with E-state index in [9.17, 15) is 17.6 Å². The fourth-order valence-corrected chi connectivity index (χ4v) is 4.61. The Labute approximate surface area is 170 Å². The quantitative estimate of drug-likeness (QED) is 0.689. The summed E-state index contributed by atoms with van der Waals surface area (Å²) in [5.41, 5.74) is 0.663. The molecule has 0 atom stereocenters. The predicted octanol–water partition coefficient (Wildman–Crippen LogP) is 4.54. The Kier molecular flexibility index (Phi) is 6.74. The zero-order valence-corrected chi connectivity index (χ0v) is 17.1. The highest BCUT2D eigenvalue weighted by molar-refractivity contribution is 7.92. The van der Waals surface area contributed by atoms with Gasteiger partial charge in [-0.3, -0.25) is 9.52 Å². The smallest absolute Gasteiger partial charge is 0.262 e. The van der Waals surface area contributed by atoms with Crippen molar-refractivity contribution in [3.63, 3.8) is 0 Å². The number of nitrogens with one attached hydrogen (secondary N) is 2. The summed E-state index contributed by atoms with van der Waals surface area (Å²) < 4.78 is 46.0. The van der Waals surface area contributed by atoms with Crippen LogP contribution in [0.15, 0.2) is 47.4 Å². The van der Waals surface area contributed by atoms with Gasteiger partial charge in [-0.05, 0) is 61.2 Å². The maximum atomic E-state index is 13.1. The summed E-state index contributed by atoms with van der Waals surface area (Å²) >= 11 is 0. The van der Waals surface area contributed by atoms with E-state index >= 15 is 0 Å². The molecule has 0 saturated heterocycles. The lowest BCUT2D eigenvalue weighted by Gasteiger charge is -2.21. The van der Waals surface area contributed by atoms with Gasteiger partial charge in [0.05, 0.1) is 17.7 Å². The number of halogens is 1. The molecule has 0 unspecified atom stereocenters. The lowest BCUT2D eigenvalue weighted by atomic mass is 9.87. The lowest BCUT2D eigenvalue weighted by Crippen LogP contribution is -2.18. The first-order valence-electron chi connectivity index (χ1n) is 9.63. The van der Waals surface area contributed by atoms with E-state index in [1.807, 2.05) is 0 Å². The SMILES string of the molecule is COc1ccc(NC(=O)CC2CCCCC2)cc1NS(=O)(=O)c1ccc(F)cc1. The van der Waals surface area contributed by atoms with Gasteiger partial charge in [-0.2, -0.15) is 0 Å². The van der Waals surface area contributed by atoms with Gasteiger partial charge in [-0.1, -0.05) is 19.3 Å². The van der Waals surface area contributed by atoms with Crippen LogP contribution in [0.4, 0.5) is 15.8 Å². The number of amides is 1. The van der Waals surface area contributed by atoms with E-state index in [4.69, 9.17) is 4.74 Å². The largest absolute Gasteiger partial charge is 0.495 e. The van der Waals surface area contributed by atoms with E-state index in [0.717, 1.165) is 37.8 Å². The Balaban J connectivity index is 1.74. The molecule has 1 aliphatic carbocycles. The minimum Gasteiger partial charge on any atom is -0.495 e. The Morgan fingerprint density at radius 2 is 1.79 bits per heavy atom. The van der Waals surface area contributed by atoms with Crippen LogP contribution in [0.3, 0.4) is 0 Å². The summed E-state index contributed by atoms with van der Waals surface area (Å²) in [6.45, 7) is 0. The van der Waals surface area contributed by atoms with Crippen LogP contribution in [-0.4, -0.2) is 21.4 Å². The van der Waals surface area contributed by atoms with Crippen molar-refractivity contribution in [1.82, 2.24) is 0 Å². The van der Waals surface area contributed by atoms with Crippen LogP contribution in [0.25, 0.3) is 0 Å². The molecule has 3 rings (SSSR count). The number of anilines is 2. The van der Waals surface area contributed by atoms with Crippen LogP contribution in [-0.2, 0) is 14.8 Å². The van der Waals surface area contributed by atoms with E-state index in [2.05, 4.69) is 10.0 Å². The maximum absolute atomic E-state index is 13.1. The van der Waals surface area contributed by atoms with Gasteiger partial charge in [-0.15, -0.1) is 0 Å². The second kappa shape index (κ2) is 9.26. The summed E-state index contributed by atoms with van der Waals surface area (Å²) in [7, 11) is -2.52. The Morgan fingerprint density at radius 3 is 2.45 bits per heavy atom. The fraction of sp³-hybridized carbons (Fsp3) is 0.381. The van der Waals surface area contributed by atoms with Gasteiger partial charge >= 0.3 is 0 Å². The number of hydrogen-bond donors (Lipinski definition) is 2. The summed E-state index contributed by atoms with van der Waals surface area (Å²) in [6, 6.07) is 9.27. The zero-order chi connectivity index (χ0) is 20.9. The molecule has 156 valence electrons. The third-order valence-corrected chi connectivity index (χ3v) is 6.43. The molecule has 2 aromatic carbocycles. The number of sulfonamides is 1. The molecule has 1 amide bonds. The highest BCUT2D eigenvalue weighted by Gasteiger charge is 2.19. The molecule has 0 radical (unpaired) electrons. The maximum Gasteiger partial charge on any atom is 0.262 e. The number of rotatable bonds is 7. The lowest BCUT2D eigenvalue weighted by molar-refractivity contribution is -0.117. The minimum atomic E-state index is -3.94. The standard InChI is InChI=1S/C21H25FN2O4S/c1-28-20-12-9-17(23-21(25)13-15-5-3-2-4-6-15)14-19(20)24-29(26,27)18-10-7-16(22)8-11-18/h7-12,14-15,24H,2-6,13H2,1H3,(H,23,25). The number of carbonyl (C=O) groups excluding carboxylic acids is 1. The molecule has 1 fully saturated rings. The van der Waals surface area contributed by atoms with Crippen molar-refractivity contribution >= 4 is 27.3 Å². The summed E-state index contributed by atoms with van der Waals surface area (Å²) in [4.78, 5) is 12.3. The molecule has 29 heavy (non-hydrogen) atoms. The third kappa shape index (κ3) is 5.69. The second-order valence-electron chi connectivity index (χ2n) is 7.23. The van der Waals surface area contributed by atoms with Crippen LogP contribution in [0.5, 0.6) is 5.75 Å². The van der Waals surface area contributed by atoms with E-state index in [0.29, 0.717) is 23.8 Å². The molecule has 6 nitrogen and oxygen atoms in total. The fourth-order valence-electron chi connectivity index (χ4n) is 3.55. The van der Waals surface area contributed by atoms with E-state index in [1.165, 1.54) is 31.7 Å². The normalized spacial score (nSPS) is 15.0. The van der Waals surface area contributed by atoms with Gasteiger partial charge in [0.25, 0.3) is 10.0 Å². The van der Waals surface area contributed by atoms with Crippen molar-refractivity contribution in [2.45, 2.75) is 43.4 Å². The number of benzene rings is 2. The first kappa shape index (κ1) is 21.1. The molecule has 0 aromatic heterocycles. The molecule has 0 bridgehead atoms. The zero-order valence-electron chi connectivity index (χ0n) is 16.3. The first-order valence-corrected chi connectivity index (χ1v) is 11.1. The molecule has 2 N–H and O–H groups in total. The molecule has 0 aliphatic heterocycles. The number of ether oxygens (including phenoxy) is 1. The van der Waals surface area contributed by atoms with Crippen molar-refractivity contribution in [2.24, 2.45) is 5.92 Å². The number of carbonyl (C=O) groups is 1. The Hall–Kier alpha value is -2.61. The highest BCUT2D eigenvalue weighted by atomic mass is 32.2. The Bertz CT molecular complexity index is 955. The van der Waals surface area contributed by atoms with Crippen molar-refractivity contribution in [3.05, 3.63) is 48.3 Å². The molecular formula is C21H25FN2O4S. The van der Waals surface area contributed by atoms with Gasteiger partial charge in [0.15, 0.2) is 0 Å². The summed E-state index contributed by atoms with van der Waals surface area (Å²) in [5.74, 6) is 0.0954. The van der Waals surface area contributed by atoms with Crippen LogP contribution >= 0.6 is 0 Å². The van der Waals surface area contributed by atoms with Crippen molar-refractivity contribution in [1.29, 1.82) is 0 Å². The minimum absolute atomic E-state index is 0.0762. The first-order chi connectivity index (χ1) is 13.9. The molecule has 1 aliphatic rings. The van der Waals surface area contributed by atoms with Crippen LogP contribution in [0.2, 0.25) is 0 Å². The van der Waals surface area contributed by atoms with Crippen LogP contribution < -0.4 is 14.8 Å². The molecule has 0 heterocycles. The average molecular weight is 421 g/mol. The van der Waals surface area contributed by atoms with Crippen LogP contribution in [0.1, 0.15) is 38.5 Å². The molecule has 8 heteroatoms. The van der Waals surface area contributed by atoms with Gasteiger partial charge < -0.3 is 10.1 Å². The summed E-state index contributed by atoms with van der Waals surface area (Å²) in [6.07, 6.45) is 6.15. The molecule has 2 aromatic rings. The monoisotopic (exact) mass is 420 g/mol. The van der Waals surface area contributed by atoms with Gasteiger partial charge in [0.1, 0.15) is 11.6 Å². The van der Waals surface area contributed by atoms with Crippen LogP contribution in [0, 0.1) is 11.7 Å². The van der Waals surface area contributed by atoms with E-state index in [1.54, 1.807) is 12.1 Å². The van der Waals surface area contributed by atoms with Crippen molar-refractivity contribution in [3.8, 4) is 5.75 Å². The van der Waals surface area contributed by atoms with Gasteiger partial charge in [0.2, 0.25) is 5.91 Å². The molecule has 1 saturated carbocycles. The second-order valence-corrected chi connectivity index (χ2v) is 8.91. The molecule has 0 spiro atoms. The predicted molar refractivity (Wildman–Crippen MR) is 110 cm³/mol. The molecular weight excluding hydrogens is 395 g/mol. The van der Waals surface area contributed by atoms with Gasteiger partial charge in [-0.25, -0.2) is 12.8 Å². The van der Waals surface area contributed by atoms with Crippen molar-refractivity contribution < 1.29 is 22.3 Å². The average Bonchev–Trinajstić information content (AvgIpc) is 2.69. The van der Waals surface area contributed by atoms with Crippen molar-refractivity contribution in [2.75, 3.05) is 17.1 Å². The third-order valence-electron chi connectivity index (χ3n) is 5.05. The highest BCUT2D eigenvalue weighted by Crippen LogP contribution is 2.31. The Morgan fingerprint density at radius 1 is 1.10 bits per heavy atom. The topological polar surface area (TPSA) is 84.5 Å². The number of methoxy groups -OCH3 is 1. The van der Waals surface area contributed by atoms with E-state index < -0.39 is 15.8 Å².